The van der Waals surface area contributed by atoms with Gasteiger partial charge in [-0.3, -0.25) is 0 Å². The molecule has 1 amide bonds. The smallest absolute Gasteiger partial charge is 0.408 e. The number of rotatable bonds is 6. The summed E-state index contributed by atoms with van der Waals surface area (Å²) in [6.07, 6.45) is -0.280. The fourth-order valence-electron chi connectivity index (χ4n) is 1.35. The van der Waals surface area contributed by atoms with Gasteiger partial charge in [-0.15, -0.1) is 0 Å². The number of carbonyl (C=O) groups is 2. The summed E-state index contributed by atoms with van der Waals surface area (Å²) in [5.74, 6) is -5.15. The van der Waals surface area contributed by atoms with E-state index >= 15 is 0 Å². The molecule has 0 aromatic rings. The first-order valence-electron chi connectivity index (χ1n) is 5.01. The molecule has 0 saturated heterocycles. The van der Waals surface area contributed by atoms with Crippen LogP contribution in [0.25, 0.3) is 0 Å². The number of carboxylic acid groups (broad SMARTS) is 1. The van der Waals surface area contributed by atoms with Crippen LogP contribution in [0.3, 0.4) is 0 Å². The van der Waals surface area contributed by atoms with Crippen molar-refractivity contribution in [3.05, 3.63) is 12.7 Å². The molecule has 2 N–H and O–H groups in total. The van der Waals surface area contributed by atoms with Crippen molar-refractivity contribution in [3.63, 3.8) is 0 Å². The van der Waals surface area contributed by atoms with Crippen LogP contribution >= 0.6 is 0 Å². The molecule has 5 nitrogen and oxygen atoms in total. The molecule has 2 atom stereocenters. The van der Waals surface area contributed by atoms with Crippen LogP contribution in [0.1, 0.15) is 12.8 Å². The average Bonchev–Trinajstić information content (AvgIpc) is 2.82. The third-order valence-electron chi connectivity index (χ3n) is 2.40. The molecule has 0 bridgehead atoms. The first kappa shape index (κ1) is 13.4. The van der Waals surface area contributed by atoms with Gasteiger partial charge in [-0.2, -0.15) is 0 Å². The van der Waals surface area contributed by atoms with Crippen LogP contribution in [0.2, 0.25) is 0 Å². The van der Waals surface area contributed by atoms with E-state index in [0.717, 1.165) is 0 Å². The maximum absolute atomic E-state index is 12.6. The van der Waals surface area contributed by atoms with Gasteiger partial charge in [0.1, 0.15) is 12.6 Å². The van der Waals surface area contributed by atoms with E-state index in [2.05, 4.69) is 11.3 Å². The van der Waals surface area contributed by atoms with E-state index in [9.17, 15) is 18.4 Å². The molecule has 0 radical (unpaired) electrons. The number of carboxylic acids is 1. The Bertz CT molecular complexity index is 332. The summed E-state index contributed by atoms with van der Waals surface area (Å²) in [4.78, 5) is 21.8. The predicted octanol–water partition coefficient (Wildman–Crippen LogP) is 1.40. The van der Waals surface area contributed by atoms with Gasteiger partial charge in [-0.25, -0.2) is 18.4 Å². The van der Waals surface area contributed by atoms with E-state index < -0.39 is 29.9 Å². The Morgan fingerprint density at radius 1 is 1.65 bits per heavy atom. The molecule has 1 aliphatic carbocycles. The van der Waals surface area contributed by atoms with E-state index in [1.54, 1.807) is 0 Å². The topological polar surface area (TPSA) is 75.6 Å². The highest BCUT2D eigenvalue weighted by atomic mass is 19.3. The third-order valence-corrected chi connectivity index (χ3v) is 2.40. The van der Waals surface area contributed by atoms with E-state index in [4.69, 9.17) is 5.11 Å². The Hall–Kier alpha value is -1.66. The highest BCUT2D eigenvalue weighted by molar-refractivity contribution is 5.79. The summed E-state index contributed by atoms with van der Waals surface area (Å²) in [5, 5.41) is 10.8. The predicted molar refractivity (Wildman–Crippen MR) is 53.8 cm³/mol. The van der Waals surface area contributed by atoms with Gasteiger partial charge in [0.05, 0.1) is 0 Å². The largest absolute Gasteiger partial charge is 0.480 e. The molecule has 0 aliphatic heterocycles. The Morgan fingerprint density at radius 2 is 2.24 bits per heavy atom. The molecular weight excluding hydrogens is 236 g/mol. The fraction of sp³-hybridized carbons (Fsp3) is 0.600. The number of alkyl halides is 2. The molecule has 2 unspecified atom stereocenters. The maximum Gasteiger partial charge on any atom is 0.408 e. The van der Waals surface area contributed by atoms with Gasteiger partial charge < -0.3 is 15.2 Å². The van der Waals surface area contributed by atoms with Crippen LogP contribution in [-0.4, -0.2) is 35.7 Å². The SMILES string of the molecule is C=CCOC(=O)NC(CC1CC1(F)F)C(=O)O. The summed E-state index contributed by atoms with van der Waals surface area (Å²) >= 11 is 0. The number of amides is 1. The van der Waals surface area contributed by atoms with Crippen LogP contribution in [0.5, 0.6) is 0 Å². The van der Waals surface area contributed by atoms with Gasteiger partial charge in [0.2, 0.25) is 0 Å². The molecule has 7 heteroatoms. The average molecular weight is 249 g/mol. The monoisotopic (exact) mass is 249 g/mol. The Morgan fingerprint density at radius 3 is 2.65 bits per heavy atom. The van der Waals surface area contributed by atoms with Crippen molar-refractivity contribution in [1.29, 1.82) is 0 Å². The number of ether oxygens (including phenoxy) is 1. The van der Waals surface area contributed by atoms with Crippen LogP contribution in [0.15, 0.2) is 12.7 Å². The zero-order valence-electron chi connectivity index (χ0n) is 8.99. The zero-order chi connectivity index (χ0) is 13.1. The van der Waals surface area contributed by atoms with Crippen molar-refractivity contribution in [1.82, 2.24) is 5.32 Å². The van der Waals surface area contributed by atoms with Crippen LogP contribution < -0.4 is 5.32 Å². The molecular formula is C10H13F2NO4. The van der Waals surface area contributed by atoms with E-state index in [0.29, 0.717) is 0 Å². The molecule has 17 heavy (non-hydrogen) atoms. The van der Waals surface area contributed by atoms with Crippen molar-refractivity contribution in [3.8, 4) is 0 Å². The standard InChI is InChI=1S/C10H13F2NO4/c1-2-3-17-9(16)13-7(8(14)15)4-6-5-10(6,11)12/h2,6-7H,1,3-5H2,(H,13,16)(H,14,15). The molecule has 0 aromatic heterocycles. The van der Waals surface area contributed by atoms with Gasteiger partial charge in [0, 0.05) is 12.3 Å². The lowest BCUT2D eigenvalue weighted by Crippen LogP contribution is -2.41. The lowest BCUT2D eigenvalue weighted by atomic mass is 10.1. The molecule has 0 aromatic carbocycles. The van der Waals surface area contributed by atoms with Crippen molar-refractivity contribution >= 4 is 12.1 Å². The Balaban J connectivity index is 2.41. The maximum atomic E-state index is 12.6. The zero-order valence-corrected chi connectivity index (χ0v) is 8.99. The molecule has 1 rings (SSSR count). The number of hydrogen-bond donors (Lipinski definition) is 2. The summed E-state index contributed by atoms with van der Waals surface area (Å²) in [6, 6.07) is -1.36. The van der Waals surface area contributed by atoms with E-state index in [1.165, 1.54) is 6.08 Å². The molecule has 96 valence electrons. The Labute approximate surface area is 96.4 Å². The normalized spacial score (nSPS) is 22.4. The molecule has 1 aliphatic rings. The summed E-state index contributed by atoms with van der Waals surface area (Å²) in [5.41, 5.74) is 0. The lowest BCUT2D eigenvalue weighted by Gasteiger charge is -2.13. The van der Waals surface area contributed by atoms with E-state index in [1.807, 2.05) is 5.32 Å². The number of alkyl carbamates (subject to hydrolysis) is 1. The minimum Gasteiger partial charge on any atom is -0.480 e. The highest BCUT2D eigenvalue weighted by Gasteiger charge is 2.57. The second-order valence-electron chi connectivity index (χ2n) is 3.82. The minimum atomic E-state index is -2.81. The molecule has 1 fully saturated rings. The van der Waals surface area contributed by atoms with Crippen molar-refractivity contribution < 1.29 is 28.2 Å². The second-order valence-corrected chi connectivity index (χ2v) is 3.82. The van der Waals surface area contributed by atoms with Crippen molar-refractivity contribution in [2.24, 2.45) is 5.92 Å². The van der Waals surface area contributed by atoms with Gasteiger partial charge >= 0.3 is 12.1 Å². The van der Waals surface area contributed by atoms with Crippen molar-refractivity contribution in [2.45, 2.75) is 24.8 Å². The van der Waals surface area contributed by atoms with Crippen LogP contribution in [0.4, 0.5) is 13.6 Å². The molecule has 1 saturated carbocycles. The highest BCUT2D eigenvalue weighted by Crippen LogP contribution is 2.51. The number of nitrogens with one attached hydrogen (secondary N) is 1. The Kier molecular flexibility index (Phi) is 4.03. The summed E-state index contributed by atoms with van der Waals surface area (Å²) < 4.78 is 29.7. The summed E-state index contributed by atoms with van der Waals surface area (Å²) in [7, 11) is 0. The lowest BCUT2D eigenvalue weighted by molar-refractivity contribution is -0.139. The number of carbonyl (C=O) groups excluding carboxylic acids is 1. The first-order chi connectivity index (χ1) is 7.86. The van der Waals surface area contributed by atoms with Gasteiger partial charge in [-0.1, -0.05) is 12.7 Å². The van der Waals surface area contributed by atoms with Gasteiger partial charge in [0.25, 0.3) is 5.92 Å². The molecule has 0 spiro atoms. The van der Waals surface area contributed by atoms with Crippen molar-refractivity contribution in [2.75, 3.05) is 6.61 Å². The van der Waals surface area contributed by atoms with Crippen LogP contribution in [-0.2, 0) is 9.53 Å². The fourth-order valence-corrected chi connectivity index (χ4v) is 1.35. The second kappa shape index (κ2) is 5.11. The third kappa shape index (κ3) is 4.01. The van der Waals surface area contributed by atoms with E-state index in [-0.39, 0.29) is 19.4 Å². The number of hydrogen-bond acceptors (Lipinski definition) is 3. The van der Waals surface area contributed by atoms with Gasteiger partial charge in [-0.05, 0) is 6.42 Å². The van der Waals surface area contributed by atoms with Gasteiger partial charge in [0.15, 0.2) is 0 Å². The first-order valence-corrected chi connectivity index (χ1v) is 5.01. The minimum absolute atomic E-state index is 0.0717. The quantitative estimate of drug-likeness (QED) is 0.697. The molecule has 0 heterocycles. The number of halogens is 2. The number of aliphatic carboxylic acids is 1. The summed E-state index contributed by atoms with van der Waals surface area (Å²) in [6.45, 7) is 3.23. The van der Waals surface area contributed by atoms with Crippen LogP contribution in [0, 0.1) is 5.92 Å².